The number of rotatable bonds is 4. The van der Waals surface area contributed by atoms with E-state index in [0.29, 0.717) is 18.5 Å². The summed E-state index contributed by atoms with van der Waals surface area (Å²) in [5, 5.41) is 3.31. The first kappa shape index (κ1) is 23.4. The van der Waals surface area contributed by atoms with Gasteiger partial charge in [-0.15, -0.1) is 24.8 Å². The molecule has 2 atom stereocenters. The van der Waals surface area contributed by atoms with E-state index in [0.717, 1.165) is 57.9 Å². The number of amides is 1. The molecule has 0 aromatic heterocycles. The number of carbonyl (C=O) groups excluding carboxylic acids is 1. The summed E-state index contributed by atoms with van der Waals surface area (Å²) in [7, 11) is 0. The van der Waals surface area contributed by atoms with Crippen molar-refractivity contribution in [2.24, 2.45) is 5.92 Å². The van der Waals surface area contributed by atoms with Crippen LogP contribution in [0.25, 0.3) is 0 Å². The number of fused-ring (bicyclic) bond motifs is 4. The topological polar surface area (TPSA) is 38.8 Å². The van der Waals surface area contributed by atoms with Crippen LogP contribution in [0.1, 0.15) is 18.4 Å². The van der Waals surface area contributed by atoms with Gasteiger partial charge in [-0.2, -0.15) is 0 Å². The quantitative estimate of drug-likeness (QED) is 0.789. The zero-order chi connectivity index (χ0) is 17.9. The molecule has 0 spiro atoms. The molecule has 0 aliphatic carbocycles. The van der Waals surface area contributed by atoms with Crippen molar-refractivity contribution in [3.63, 3.8) is 0 Å². The first-order chi connectivity index (χ1) is 12.7. The predicted molar refractivity (Wildman–Crippen MR) is 114 cm³/mol. The van der Waals surface area contributed by atoms with Crippen molar-refractivity contribution in [1.29, 1.82) is 0 Å². The van der Waals surface area contributed by atoms with Crippen molar-refractivity contribution in [2.45, 2.75) is 25.4 Å². The molecule has 28 heavy (non-hydrogen) atoms. The second-order valence-corrected chi connectivity index (χ2v) is 7.98. The number of piperazine rings is 1. The lowest BCUT2D eigenvalue weighted by Gasteiger charge is -2.37. The maximum absolute atomic E-state index is 13.1. The van der Waals surface area contributed by atoms with Crippen LogP contribution in [-0.4, -0.2) is 79.0 Å². The number of nitrogens with one attached hydrogen (secondary N) is 1. The van der Waals surface area contributed by atoms with Crippen molar-refractivity contribution in [2.75, 3.05) is 52.4 Å². The zero-order valence-electron chi connectivity index (χ0n) is 16.2. The highest BCUT2D eigenvalue weighted by molar-refractivity contribution is 5.85. The number of nitrogens with zero attached hydrogens (tertiary/aromatic N) is 3. The average Bonchev–Trinajstić information content (AvgIpc) is 2.95. The van der Waals surface area contributed by atoms with Gasteiger partial charge in [0.1, 0.15) is 5.82 Å². The Morgan fingerprint density at radius 3 is 2.46 bits per heavy atom. The molecule has 0 saturated carbocycles. The molecule has 2 bridgehead atoms. The smallest absolute Gasteiger partial charge is 0.236 e. The van der Waals surface area contributed by atoms with Crippen LogP contribution in [0.3, 0.4) is 0 Å². The summed E-state index contributed by atoms with van der Waals surface area (Å²) in [5.41, 5.74) is 1.16. The van der Waals surface area contributed by atoms with Crippen LogP contribution in [0.5, 0.6) is 0 Å². The number of halogens is 3. The van der Waals surface area contributed by atoms with Gasteiger partial charge in [0.15, 0.2) is 0 Å². The van der Waals surface area contributed by atoms with Crippen molar-refractivity contribution in [3.8, 4) is 0 Å². The standard InChI is InChI=1S/C20H29FN4O.2ClH/c21-18-4-1-16(2-5-18)11-23-12-17-3-6-19(14-23)25(13-17)15-20(26)24-9-7-22-8-10-24;;/h1-2,4-5,17,19,22H,3,6-15H2;2*1H/t17-,19+;;/m0../s1. The summed E-state index contributed by atoms with van der Waals surface area (Å²) in [6, 6.07) is 7.31. The molecule has 1 amide bonds. The fraction of sp³-hybridized carbons (Fsp3) is 0.650. The van der Waals surface area contributed by atoms with E-state index < -0.39 is 0 Å². The third-order valence-corrected chi connectivity index (χ3v) is 6.03. The molecule has 5 rings (SSSR count). The van der Waals surface area contributed by atoms with Gasteiger partial charge in [-0.25, -0.2) is 4.39 Å². The molecular formula is C20H31Cl2FN4O. The summed E-state index contributed by atoms with van der Waals surface area (Å²) in [6.07, 6.45) is 2.43. The van der Waals surface area contributed by atoms with E-state index in [-0.39, 0.29) is 36.5 Å². The Labute approximate surface area is 179 Å². The Bertz CT molecular complexity index is 627. The SMILES string of the molecule is Cl.Cl.O=C(CN1C[C@H]2CC[C@@H]1CN(Cc1ccc(F)cc1)C2)N1CCNCC1. The molecule has 4 fully saturated rings. The molecule has 4 aliphatic heterocycles. The van der Waals surface area contributed by atoms with Gasteiger partial charge in [-0.3, -0.25) is 14.6 Å². The van der Waals surface area contributed by atoms with Crippen LogP contribution < -0.4 is 5.32 Å². The fourth-order valence-electron chi connectivity index (χ4n) is 4.63. The number of benzene rings is 1. The third-order valence-electron chi connectivity index (χ3n) is 6.03. The van der Waals surface area contributed by atoms with Crippen LogP contribution in [0.4, 0.5) is 4.39 Å². The van der Waals surface area contributed by atoms with Crippen LogP contribution in [0.2, 0.25) is 0 Å². The molecule has 1 aromatic rings. The molecule has 4 saturated heterocycles. The molecule has 8 heteroatoms. The van der Waals surface area contributed by atoms with Crippen LogP contribution in [0.15, 0.2) is 24.3 Å². The summed E-state index contributed by atoms with van der Waals surface area (Å²) in [4.78, 5) is 19.6. The van der Waals surface area contributed by atoms with E-state index in [1.807, 2.05) is 17.0 Å². The maximum atomic E-state index is 13.1. The summed E-state index contributed by atoms with van der Waals surface area (Å²) < 4.78 is 13.1. The Morgan fingerprint density at radius 2 is 1.75 bits per heavy atom. The summed E-state index contributed by atoms with van der Waals surface area (Å²) in [5.74, 6) is 0.733. The van der Waals surface area contributed by atoms with E-state index >= 15 is 0 Å². The molecule has 1 N–H and O–H groups in total. The first-order valence-electron chi connectivity index (χ1n) is 9.87. The molecule has 5 nitrogen and oxygen atoms in total. The highest BCUT2D eigenvalue weighted by Crippen LogP contribution is 2.28. The summed E-state index contributed by atoms with van der Waals surface area (Å²) >= 11 is 0. The number of piperidine rings is 1. The first-order valence-corrected chi connectivity index (χ1v) is 9.87. The maximum Gasteiger partial charge on any atom is 0.236 e. The fourth-order valence-corrected chi connectivity index (χ4v) is 4.63. The van der Waals surface area contributed by atoms with Crippen molar-refractivity contribution >= 4 is 30.7 Å². The minimum atomic E-state index is -0.178. The number of hydrogen-bond acceptors (Lipinski definition) is 4. The van der Waals surface area contributed by atoms with Crippen LogP contribution >= 0.6 is 24.8 Å². The molecular weight excluding hydrogens is 402 g/mol. The monoisotopic (exact) mass is 432 g/mol. The molecule has 158 valence electrons. The Balaban J connectivity index is 0.00000140. The van der Waals surface area contributed by atoms with Crippen molar-refractivity contribution in [3.05, 3.63) is 35.6 Å². The summed E-state index contributed by atoms with van der Waals surface area (Å²) in [6.45, 7) is 8.01. The van der Waals surface area contributed by atoms with Gasteiger partial charge in [-0.1, -0.05) is 12.1 Å². The lowest BCUT2D eigenvalue weighted by molar-refractivity contribution is -0.134. The normalized spacial score (nSPS) is 25.5. The van der Waals surface area contributed by atoms with Gasteiger partial charge >= 0.3 is 0 Å². The van der Waals surface area contributed by atoms with E-state index in [1.54, 1.807) is 12.1 Å². The predicted octanol–water partition coefficient (Wildman–Crippen LogP) is 2.00. The molecule has 0 radical (unpaired) electrons. The molecule has 0 unspecified atom stereocenters. The van der Waals surface area contributed by atoms with E-state index in [9.17, 15) is 9.18 Å². The largest absolute Gasteiger partial charge is 0.339 e. The van der Waals surface area contributed by atoms with Gasteiger partial charge in [0.25, 0.3) is 0 Å². The molecule has 4 aliphatic rings. The van der Waals surface area contributed by atoms with Crippen molar-refractivity contribution in [1.82, 2.24) is 20.0 Å². The highest BCUT2D eigenvalue weighted by atomic mass is 35.5. The lowest BCUT2D eigenvalue weighted by Crippen LogP contribution is -2.53. The Hall–Kier alpha value is -0.920. The minimum absolute atomic E-state index is 0. The zero-order valence-corrected chi connectivity index (χ0v) is 17.8. The number of carbonyl (C=O) groups is 1. The van der Waals surface area contributed by atoms with Gasteiger partial charge < -0.3 is 10.2 Å². The van der Waals surface area contributed by atoms with Gasteiger partial charge in [-0.05, 0) is 36.5 Å². The third kappa shape index (κ3) is 5.80. The lowest BCUT2D eigenvalue weighted by atomic mass is 9.95. The minimum Gasteiger partial charge on any atom is -0.339 e. The van der Waals surface area contributed by atoms with Gasteiger partial charge in [0.05, 0.1) is 6.54 Å². The Kier molecular flexibility index (Phi) is 8.96. The average molecular weight is 433 g/mol. The van der Waals surface area contributed by atoms with E-state index in [1.165, 1.54) is 12.8 Å². The van der Waals surface area contributed by atoms with Crippen LogP contribution in [-0.2, 0) is 11.3 Å². The van der Waals surface area contributed by atoms with Crippen LogP contribution in [0, 0.1) is 11.7 Å². The number of hydrogen-bond donors (Lipinski definition) is 1. The molecule has 1 aromatic carbocycles. The van der Waals surface area contributed by atoms with Gasteiger partial charge in [0, 0.05) is 58.4 Å². The van der Waals surface area contributed by atoms with Gasteiger partial charge in [0.2, 0.25) is 5.91 Å². The van der Waals surface area contributed by atoms with E-state index in [4.69, 9.17) is 0 Å². The van der Waals surface area contributed by atoms with Crippen molar-refractivity contribution < 1.29 is 9.18 Å². The second kappa shape index (κ2) is 10.7. The highest BCUT2D eigenvalue weighted by Gasteiger charge is 2.36. The second-order valence-electron chi connectivity index (χ2n) is 7.98. The molecule has 4 heterocycles. The Morgan fingerprint density at radius 1 is 1.04 bits per heavy atom. The van der Waals surface area contributed by atoms with E-state index in [2.05, 4.69) is 15.1 Å².